The monoisotopic (exact) mass is 283 g/mol. The lowest BCUT2D eigenvalue weighted by Crippen LogP contribution is -2.21. The number of halogens is 2. The molecule has 2 rings (SSSR count). The van der Waals surface area contributed by atoms with Crippen LogP contribution in [-0.2, 0) is 7.05 Å². The van der Waals surface area contributed by atoms with Crippen LogP contribution in [0.25, 0.3) is 0 Å². The summed E-state index contributed by atoms with van der Waals surface area (Å²) in [6, 6.07) is 5.94. The van der Waals surface area contributed by atoms with Crippen LogP contribution in [-0.4, -0.2) is 16.8 Å². The number of hydrogen-bond donors (Lipinski definition) is 1. The van der Waals surface area contributed by atoms with Crippen LogP contribution < -0.4 is 5.32 Å². The average Bonchev–Trinajstić information content (AvgIpc) is 2.61. The van der Waals surface area contributed by atoms with Crippen LogP contribution >= 0.6 is 23.2 Å². The van der Waals surface area contributed by atoms with Crippen molar-refractivity contribution < 1.29 is 0 Å². The van der Waals surface area contributed by atoms with Crippen molar-refractivity contribution in [1.82, 2.24) is 15.1 Å². The number of nitrogens with zero attached hydrogens (tertiary/aromatic N) is 2. The van der Waals surface area contributed by atoms with Gasteiger partial charge in [-0.2, -0.15) is 5.10 Å². The minimum Gasteiger partial charge on any atom is -0.308 e. The first kappa shape index (κ1) is 13.4. The smallest absolute Gasteiger partial charge is 0.0837 e. The van der Waals surface area contributed by atoms with Gasteiger partial charge in [0.25, 0.3) is 0 Å². The number of rotatable bonds is 3. The topological polar surface area (TPSA) is 29.9 Å². The van der Waals surface area contributed by atoms with E-state index < -0.39 is 0 Å². The van der Waals surface area contributed by atoms with Crippen molar-refractivity contribution in [3.05, 3.63) is 51.3 Å². The van der Waals surface area contributed by atoms with Crippen LogP contribution in [0.5, 0.6) is 0 Å². The van der Waals surface area contributed by atoms with Gasteiger partial charge in [-0.05, 0) is 37.2 Å². The highest BCUT2D eigenvalue weighted by atomic mass is 35.5. The highest BCUT2D eigenvalue weighted by Gasteiger charge is 2.19. The van der Waals surface area contributed by atoms with Crippen molar-refractivity contribution in [2.45, 2.75) is 13.0 Å². The molecule has 2 aromatic rings. The summed E-state index contributed by atoms with van der Waals surface area (Å²) in [5, 5.41) is 8.79. The molecule has 1 N–H and O–H groups in total. The van der Waals surface area contributed by atoms with E-state index in [2.05, 4.69) is 16.5 Å². The predicted molar refractivity (Wildman–Crippen MR) is 75.3 cm³/mol. The second kappa shape index (κ2) is 5.31. The SMILES string of the molecule is CNC(c1cc(C)cc(Cl)c1)c1c(Cl)cnn1C. The molecule has 0 aliphatic rings. The van der Waals surface area contributed by atoms with E-state index in [4.69, 9.17) is 23.2 Å². The quantitative estimate of drug-likeness (QED) is 0.936. The van der Waals surface area contributed by atoms with Gasteiger partial charge in [0, 0.05) is 12.1 Å². The molecule has 1 unspecified atom stereocenters. The summed E-state index contributed by atoms with van der Waals surface area (Å²) >= 11 is 12.3. The summed E-state index contributed by atoms with van der Waals surface area (Å²) in [4.78, 5) is 0. The molecule has 0 amide bonds. The third kappa shape index (κ3) is 2.53. The molecule has 0 saturated carbocycles. The Kier molecular flexibility index (Phi) is 3.95. The summed E-state index contributed by atoms with van der Waals surface area (Å²) in [6.07, 6.45) is 1.65. The number of aryl methyl sites for hydroxylation is 2. The molecule has 1 atom stereocenters. The molecule has 0 saturated heterocycles. The van der Waals surface area contributed by atoms with Gasteiger partial charge in [-0.1, -0.05) is 29.3 Å². The van der Waals surface area contributed by atoms with Crippen molar-refractivity contribution in [3.8, 4) is 0 Å². The highest BCUT2D eigenvalue weighted by Crippen LogP contribution is 2.29. The number of nitrogens with one attached hydrogen (secondary N) is 1. The zero-order chi connectivity index (χ0) is 13.3. The van der Waals surface area contributed by atoms with Gasteiger partial charge >= 0.3 is 0 Å². The number of hydrogen-bond acceptors (Lipinski definition) is 2. The Balaban J connectivity index is 2.52. The van der Waals surface area contributed by atoms with Gasteiger partial charge in [-0.15, -0.1) is 0 Å². The Labute approximate surface area is 117 Å². The average molecular weight is 284 g/mol. The van der Waals surface area contributed by atoms with Crippen molar-refractivity contribution >= 4 is 23.2 Å². The van der Waals surface area contributed by atoms with Crippen molar-refractivity contribution in [2.75, 3.05) is 7.05 Å². The van der Waals surface area contributed by atoms with Crippen LogP contribution in [0, 0.1) is 6.92 Å². The summed E-state index contributed by atoms with van der Waals surface area (Å²) in [6.45, 7) is 2.02. The van der Waals surface area contributed by atoms with E-state index >= 15 is 0 Å². The van der Waals surface area contributed by atoms with E-state index in [1.54, 1.807) is 10.9 Å². The lowest BCUT2D eigenvalue weighted by molar-refractivity contribution is 0.606. The van der Waals surface area contributed by atoms with Crippen molar-refractivity contribution in [1.29, 1.82) is 0 Å². The van der Waals surface area contributed by atoms with E-state index in [1.807, 2.05) is 33.2 Å². The first-order chi connectivity index (χ1) is 8.52. The molecule has 0 spiro atoms. The molecule has 0 aliphatic carbocycles. The van der Waals surface area contributed by atoms with Crippen LogP contribution in [0.3, 0.4) is 0 Å². The second-order valence-electron chi connectivity index (χ2n) is 4.28. The predicted octanol–water partition coefficient (Wildman–Crippen LogP) is 3.34. The van der Waals surface area contributed by atoms with Gasteiger partial charge in [-0.3, -0.25) is 4.68 Å². The van der Waals surface area contributed by atoms with E-state index in [-0.39, 0.29) is 6.04 Å². The molecular formula is C13H15Cl2N3. The van der Waals surface area contributed by atoms with Crippen LogP contribution in [0.1, 0.15) is 22.9 Å². The van der Waals surface area contributed by atoms with Crippen LogP contribution in [0.15, 0.2) is 24.4 Å². The van der Waals surface area contributed by atoms with Gasteiger partial charge < -0.3 is 5.32 Å². The standard InChI is InChI=1S/C13H15Cl2N3/c1-8-4-9(6-10(14)5-8)12(16-2)13-11(15)7-17-18(13)3/h4-7,12,16H,1-3H3. The van der Waals surface area contributed by atoms with Gasteiger partial charge in [-0.25, -0.2) is 0 Å². The Bertz CT molecular complexity index is 524. The minimum absolute atomic E-state index is 0.0256. The maximum absolute atomic E-state index is 6.19. The van der Waals surface area contributed by atoms with Crippen molar-refractivity contribution in [3.63, 3.8) is 0 Å². The fraction of sp³-hybridized carbons (Fsp3) is 0.308. The molecule has 0 aliphatic heterocycles. The summed E-state index contributed by atoms with van der Waals surface area (Å²) in [5.74, 6) is 0. The number of aromatic nitrogens is 2. The molecule has 1 heterocycles. The van der Waals surface area contributed by atoms with Crippen LogP contribution in [0.4, 0.5) is 0 Å². The molecule has 1 aromatic carbocycles. The van der Waals surface area contributed by atoms with Crippen LogP contribution in [0.2, 0.25) is 10.0 Å². The van der Waals surface area contributed by atoms with E-state index in [0.29, 0.717) is 5.02 Å². The van der Waals surface area contributed by atoms with E-state index in [0.717, 1.165) is 21.8 Å². The van der Waals surface area contributed by atoms with E-state index in [1.165, 1.54) is 0 Å². The van der Waals surface area contributed by atoms with Gasteiger partial charge in [0.05, 0.1) is 23.0 Å². The fourth-order valence-electron chi connectivity index (χ4n) is 2.14. The molecule has 1 aromatic heterocycles. The van der Waals surface area contributed by atoms with Gasteiger partial charge in [0.1, 0.15) is 0 Å². The molecule has 5 heteroatoms. The zero-order valence-electron chi connectivity index (χ0n) is 10.5. The fourth-order valence-corrected chi connectivity index (χ4v) is 2.71. The van der Waals surface area contributed by atoms with E-state index in [9.17, 15) is 0 Å². The molecule has 3 nitrogen and oxygen atoms in total. The first-order valence-corrected chi connectivity index (χ1v) is 6.40. The Morgan fingerprint density at radius 1 is 1.28 bits per heavy atom. The van der Waals surface area contributed by atoms with Gasteiger partial charge in [0.2, 0.25) is 0 Å². The van der Waals surface area contributed by atoms with Gasteiger partial charge in [0.15, 0.2) is 0 Å². The molecule has 96 valence electrons. The lowest BCUT2D eigenvalue weighted by atomic mass is 10.0. The third-order valence-electron chi connectivity index (χ3n) is 2.90. The Morgan fingerprint density at radius 2 is 2.00 bits per heavy atom. The minimum atomic E-state index is -0.0256. The molecule has 18 heavy (non-hydrogen) atoms. The highest BCUT2D eigenvalue weighted by molar-refractivity contribution is 6.31. The maximum atomic E-state index is 6.19. The van der Waals surface area contributed by atoms with Crippen molar-refractivity contribution in [2.24, 2.45) is 7.05 Å². The molecule has 0 radical (unpaired) electrons. The third-order valence-corrected chi connectivity index (χ3v) is 3.41. The normalized spacial score (nSPS) is 12.7. The maximum Gasteiger partial charge on any atom is 0.0837 e. The first-order valence-electron chi connectivity index (χ1n) is 5.64. The Morgan fingerprint density at radius 3 is 2.50 bits per heavy atom. The summed E-state index contributed by atoms with van der Waals surface area (Å²) in [7, 11) is 3.77. The summed E-state index contributed by atoms with van der Waals surface area (Å²) in [5.41, 5.74) is 3.13. The number of benzene rings is 1. The zero-order valence-corrected chi connectivity index (χ0v) is 12.0. The molecular weight excluding hydrogens is 269 g/mol. The lowest BCUT2D eigenvalue weighted by Gasteiger charge is -2.18. The molecule has 0 bridgehead atoms. The molecule has 0 fully saturated rings. The second-order valence-corrected chi connectivity index (χ2v) is 5.13. The largest absolute Gasteiger partial charge is 0.308 e. The Hall–Kier alpha value is -1.03. The summed E-state index contributed by atoms with van der Waals surface area (Å²) < 4.78 is 1.78.